The molecule has 0 bridgehead atoms. The third-order valence-corrected chi connectivity index (χ3v) is 1.56. The number of nitriles is 2. The lowest BCUT2D eigenvalue weighted by Crippen LogP contribution is -1.81. The van der Waals surface area contributed by atoms with Crippen molar-refractivity contribution in [2.75, 3.05) is 7.11 Å². The van der Waals surface area contributed by atoms with Crippen molar-refractivity contribution >= 4 is 6.08 Å². The maximum Gasteiger partial charge on any atom is 0.118 e. The molecule has 0 amide bonds. The molecule has 0 unspecified atom stereocenters. The molecule has 0 radical (unpaired) electrons. The molecule has 0 aromatic heterocycles. The van der Waals surface area contributed by atoms with E-state index in [4.69, 9.17) is 15.3 Å². The summed E-state index contributed by atoms with van der Waals surface area (Å²) >= 11 is 0. The fourth-order valence-corrected chi connectivity index (χ4v) is 0.849. The molecule has 1 rings (SSSR count). The summed E-state index contributed by atoms with van der Waals surface area (Å²) in [4.78, 5) is 0. The highest BCUT2D eigenvalue weighted by atomic mass is 16.5. The van der Waals surface area contributed by atoms with E-state index in [1.165, 1.54) is 12.2 Å². The first-order valence-corrected chi connectivity index (χ1v) is 4.49. The first-order chi connectivity index (χ1) is 7.78. The van der Waals surface area contributed by atoms with E-state index in [2.05, 4.69) is 6.58 Å². The van der Waals surface area contributed by atoms with Crippen LogP contribution in [0.1, 0.15) is 5.56 Å². The van der Waals surface area contributed by atoms with E-state index in [-0.39, 0.29) is 0 Å². The Morgan fingerprint density at radius 3 is 2.12 bits per heavy atom. The minimum Gasteiger partial charge on any atom is -0.497 e. The first-order valence-electron chi connectivity index (χ1n) is 4.49. The lowest BCUT2D eigenvalue weighted by atomic mass is 10.2. The van der Waals surface area contributed by atoms with Crippen molar-refractivity contribution < 1.29 is 4.74 Å². The topological polar surface area (TPSA) is 56.8 Å². The van der Waals surface area contributed by atoms with Crippen LogP contribution in [-0.2, 0) is 0 Å². The van der Waals surface area contributed by atoms with Gasteiger partial charge in [0.15, 0.2) is 0 Å². The van der Waals surface area contributed by atoms with Gasteiger partial charge in [0.1, 0.15) is 5.75 Å². The normalized spacial score (nSPS) is 8.19. The molecule has 0 heterocycles. The van der Waals surface area contributed by atoms with Gasteiger partial charge in [0.2, 0.25) is 0 Å². The molecule has 80 valence electrons. The second-order valence-electron chi connectivity index (χ2n) is 2.57. The molecule has 0 aliphatic heterocycles. The summed E-state index contributed by atoms with van der Waals surface area (Å²) in [5, 5.41) is 15.8. The van der Waals surface area contributed by atoms with Gasteiger partial charge in [-0.3, -0.25) is 0 Å². The highest BCUT2D eigenvalue weighted by Gasteiger charge is 1.88. The molecule has 0 fully saturated rings. The zero-order valence-electron chi connectivity index (χ0n) is 9.05. The van der Waals surface area contributed by atoms with Crippen molar-refractivity contribution in [2.45, 2.75) is 0 Å². The molecule has 0 atom stereocenters. The SMILES string of the molecule is C=CC#N.COc1ccc(/C=C/C#N)cc1. The van der Waals surface area contributed by atoms with Crippen molar-refractivity contribution in [2.24, 2.45) is 0 Å². The Morgan fingerprint density at radius 1 is 1.19 bits per heavy atom. The third-order valence-electron chi connectivity index (χ3n) is 1.56. The number of benzene rings is 1. The van der Waals surface area contributed by atoms with E-state index in [0.29, 0.717) is 0 Å². The van der Waals surface area contributed by atoms with Crippen molar-refractivity contribution in [1.82, 2.24) is 0 Å². The van der Waals surface area contributed by atoms with Gasteiger partial charge in [-0.15, -0.1) is 0 Å². The van der Waals surface area contributed by atoms with Crippen molar-refractivity contribution in [3.63, 3.8) is 0 Å². The molecule has 1 aromatic carbocycles. The summed E-state index contributed by atoms with van der Waals surface area (Å²) in [5.74, 6) is 0.823. The molecule has 0 saturated heterocycles. The number of nitrogens with zero attached hydrogens (tertiary/aromatic N) is 2. The Labute approximate surface area is 95.5 Å². The average Bonchev–Trinajstić information content (AvgIpc) is 2.37. The van der Waals surface area contributed by atoms with Gasteiger partial charge in [-0.05, 0) is 23.8 Å². The standard InChI is InChI=1S/C10H9NO.C3H3N/c1-12-10-6-4-9(5-7-10)3-2-8-11;1-2-3-4/h2-7H,1H3;2H,1H2/b3-2+;. The van der Waals surface area contributed by atoms with Crippen LogP contribution in [0.4, 0.5) is 0 Å². The number of hydrogen-bond acceptors (Lipinski definition) is 3. The molecular weight excluding hydrogens is 200 g/mol. The number of rotatable bonds is 2. The maximum absolute atomic E-state index is 8.27. The predicted molar refractivity (Wildman–Crippen MR) is 63.5 cm³/mol. The van der Waals surface area contributed by atoms with E-state index in [1.54, 1.807) is 19.3 Å². The fourth-order valence-electron chi connectivity index (χ4n) is 0.849. The first kappa shape index (κ1) is 13.5. The van der Waals surface area contributed by atoms with E-state index in [0.717, 1.165) is 11.3 Å². The predicted octanol–water partition coefficient (Wildman–Crippen LogP) is 2.93. The number of ether oxygens (including phenoxy) is 1. The maximum atomic E-state index is 8.27. The van der Waals surface area contributed by atoms with Gasteiger partial charge < -0.3 is 4.74 Å². The second-order valence-corrected chi connectivity index (χ2v) is 2.57. The highest BCUT2D eigenvalue weighted by molar-refractivity contribution is 5.52. The lowest BCUT2D eigenvalue weighted by molar-refractivity contribution is 0.415. The zero-order valence-corrected chi connectivity index (χ0v) is 9.05. The van der Waals surface area contributed by atoms with Crippen LogP contribution < -0.4 is 4.74 Å². The van der Waals surface area contributed by atoms with Gasteiger partial charge >= 0.3 is 0 Å². The summed E-state index contributed by atoms with van der Waals surface area (Å²) in [7, 11) is 1.63. The molecule has 0 saturated carbocycles. The van der Waals surface area contributed by atoms with Gasteiger partial charge in [-0.25, -0.2) is 0 Å². The van der Waals surface area contributed by atoms with Crippen LogP contribution in [0.15, 0.2) is 43.0 Å². The van der Waals surface area contributed by atoms with Crippen LogP contribution in [0.5, 0.6) is 5.75 Å². The minimum atomic E-state index is 0.823. The molecule has 3 nitrogen and oxygen atoms in total. The summed E-state index contributed by atoms with van der Waals surface area (Å²) in [6.45, 7) is 3.12. The fraction of sp³-hybridized carbons (Fsp3) is 0.0769. The Balaban J connectivity index is 0.000000487. The van der Waals surface area contributed by atoms with Crippen LogP contribution in [0.3, 0.4) is 0 Å². The Hall–Kier alpha value is -2.52. The largest absolute Gasteiger partial charge is 0.497 e. The molecule has 0 aliphatic carbocycles. The lowest BCUT2D eigenvalue weighted by Gasteiger charge is -1.97. The summed E-state index contributed by atoms with van der Waals surface area (Å²) in [6.07, 6.45) is 4.38. The van der Waals surface area contributed by atoms with Crippen LogP contribution in [0.25, 0.3) is 6.08 Å². The van der Waals surface area contributed by atoms with Gasteiger partial charge in [0.25, 0.3) is 0 Å². The van der Waals surface area contributed by atoms with Crippen LogP contribution in [0, 0.1) is 22.7 Å². The molecule has 1 aromatic rings. The van der Waals surface area contributed by atoms with Gasteiger partial charge in [-0.2, -0.15) is 10.5 Å². The summed E-state index contributed by atoms with van der Waals surface area (Å²) in [5.41, 5.74) is 0.998. The van der Waals surface area contributed by atoms with E-state index >= 15 is 0 Å². The number of hydrogen-bond donors (Lipinski definition) is 0. The number of methoxy groups -OCH3 is 1. The van der Waals surface area contributed by atoms with Crippen molar-refractivity contribution in [3.05, 3.63) is 48.6 Å². The van der Waals surface area contributed by atoms with Crippen LogP contribution in [0.2, 0.25) is 0 Å². The molecule has 3 heteroatoms. The molecule has 16 heavy (non-hydrogen) atoms. The van der Waals surface area contributed by atoms with Crippen LogP contribution >= 0.6 is 0 Å². The molecule has 0 spiro atoms. The molecule has 0 N–H and O–H groups in total. The minimum absolute atomic E-state index is 0.823. The van der Waals surface area contributed by atoms with Crippen molar-refractivity contribution in [1.29, 1.82) is 10.5 Å². The third kappa shape index (κ3) is 6.01. The van der Waals surface area contributed by atoms with E-state index < -0.39 is 0 Å². The Kier molecular flexibility index (Phi) is 7.63. The van der Waals surface area contributed by atoms with Gasteiger partial charge in [-0.1, -0.05) is 18.7 Å². The summed E-state index contributed by atoms with van der Waals surface area (Å²) in [6, 6.07) is 11.1. The van der Waals surface area contributed by atoms with Crippen molar-refractivity contribution in [3.8, 4) is 17.9 Å². The molecule has 0 aliphatic rings. The Morgan fingerprint density at radius 2 is 1.75 bits per heavy atom. The van der Waals surface area contributed by atoms with Gasteiger partial charge in [0.05, 0.1) is 19.2 Å². The summed E-state index contributed by atoms with van der Waals surface area (Å²) < 4.78 is 4.98. The van der Waals surface area contributed by atoms with E-state index in [9.17, 15) is 0 Å². The monoisotopic (exact) mass is 212 g/mol. The highest BCUT2D eigenvalue weighted by Crippen LogP contribution is 2.11. The van der Waals surface area contributed by atoms with Gasteiger partial charge in [0, 0.05) is 12.2 Å². The second kappa shape index (κ2) is 9.05. The average molecular weight is 212 g/mol. The molecular formula is C13H12N2O. The zero-order chi connectivity index (χ0) is 12.2. The van der Waals surface area contributed by atoms with Crippen LogP contribution in [-0.4, -0.2) is 7.11 Å². The quantitative estimate of drug-likeness (QED) is 0.708. The van der Waals surface area contributed by atoms with E-state index in [1.807, 2.05) is 30.3 Å². The smallest absolute Gasteiger partial charge is 0.118 e. The number of allylic oxidation sites excluding steroid dienone is 2. The Bertz CT molecular complexity index is 419.